The molecule has 1 aromatic rings. The maximum atomic E-state index is 3.97. The Balaban J connectivity index is 2.18. The van der Waals surface area contributed by atoms with Gasteiger partial charge in [-0.1, -0.05) is 74.1 Å². The largest absolute Gasteiger partial charge is 0.102 e. The Bertz CT molecular complexity index is 409. The fourth-order valence-electron chi connectivity index (χ4n) is 2.42. The van der Waals surface area contributed by atoms with Crippen LogP contribution in [0.2, 0.25) is 0 Å². The summed E-state index contributed by atoms with van der Waals surface area (Å²) in [5.74, 6) is 0.418. The fourth-order valence-corrected chi connectivity index (χ4v) is 2.42. The summed E-state index contributed by atoms with van der Waals surface area (Å²) in [7, 11) is 0. The molecule has 0 heteroatoms. The Morgan fingerprint density at radius 2 is 1.82 bits per heavy atom. The minimum absolute atomic E-state index is 0.0834. The van der Waals surface area contributed by atoms with Crippen LogP contribution in [0.15, 0.2) is 67.3 Å². The van der Waals surface area contributed by atoms with Crippen molar-refractivity contribution in [2.45, 2.75) is 25.7 Å². The molecule has 0 nitrogen and oxygen atoms in total. The molecule has 1 aliphatic rings. The van der Waals surface area contributed by atoms with Gasteiger partial charge in [-0.3, -0.25) is 0 Å². The standard InChI is InChI=1S/C17H20/c1-3-12-17(4-2)13-10-16(11-14-17)15-8-6-5-7-9-15/h4-11,13-14,16H,2-3,12H2,1H3. The SMILES string of the molecule is C=CC1(CCC)C=CC(c2ccccc2)C=C1. The summed E-state index contributed by atoms with van der Waals surface area (Å²) in [5.41, 5.74) is 1.44. The first-order valence-electron chi connectivity index (χ1n) is 6.37. The van der Waals surface area contributed by atoms with E-state index in [1.165, 1.54) is 12.0 Å². The summed E-state index contributed by atoms with van der Waals surface area (Å²) in [6.45, 7) is 6.19. The van der Waals surface area contributed by atoms with Crippen molar-refractivity contribution in [3.05, 3.63) is 72.9 Å². The zero-order chi connectivity index (χ0) is 12.1. The minimum Gasteiger partial charge on any atom is -0.102 e. The van der Waals surface area contributed by atoms with Crippen LogP contribution >= 0.6 is 0 Å². The molecule has 88 valence electrons. The normalized spacial score (nSPS) is 27.0. The van der Waals surface area contributed by atoms with Gasteiger partial charge >= 0.3 is 0 Å². The smallest absolute Gasteiger partial charge is 0.0239 e. The number of benzene rings is 1. The summed E-state index contributed by atoms with van der Waals surface area (Å²) in [5, 5.41) is 0. The van der Waals surface area contributed by atoms with Crippen molar-refractivity contribution >= 4 is 0 Å². The Labute approximate surface area is 104 Å². The van der Waals surface area contributed by atoms with Crippen molar-refractivity contribution in [1.82, 2.24) is 0 Å². The maximum Gasteiger partial charge on any atom is 0.0239 e. The van der Waals surface area contributed by atoms with Crippen LogP contribution in [0.3, 0.4) is 0 Å². The summed E-state index contributed by atoms with van der Waals surface area (Å²) in [6, 6.07) is 10.6. The molecule has 1 aromatic carbocycles. The summed E-state index contributed by atoms with van der Waals surface area (Å²) >= 11 is 0. The first kappa shape index (κ1) is 11.9. The third-order valence-electron chi connectivity index (χ3n) is 3.48. The molecule has 0 aromatic heterocycles. The molecule has 0 atom stereocenters. The van der Waals surface area contributed by atoms with Gasteiger partial charge in [-0.2, -0.15) is 0 Å². The zero-order valence-electron chi connectivity index (χ0n) is 10.5. The first-order chi connectivity index (χ1) is 8.29. The van der Waals surface area contributed by atoms with Crippen molar-refractivity contribution in [1.29, 1.82) is 0 Å². The van der Waals surface area contributed by atoms with Crippen LogP contribution in [-0.2, 0) is 0 Å². The second kappa shape index (κ2) is 5.18. The summed E-state index contributed by atoms with van der Waals surface area (Å²) in [4.78, 5) is 0. The van der Waals surface area contributed by atoms with E-state index in [2.05, 4.69) is 74.2 Å². The van der Waals surface area contributed by atoms with Crippen LogP contribution in [-0.4, -0.2) is 0 Å². The predicted octanol–water partition coefficient (Wildman–Crippen LogP) is 4.87. The Morgan fingerprint density at radius 1 is 1.18 bits per heavy atom. The van der Waals surface area contributed by atoms with E-state index in [4.69, 9.17) is 0 Å². The Morgan fingerprint density at radius 3 is 2.35 bits per heavy atom. The van der Waals surface area contributed by atoms with Gasteiger partial charge in [-0.15, -0.1) is 6.58 Å². The molecule has 2 rings (SSSR count). The van der Waals surface area contributed by atoms with E-state index in [9.17, 15) is 0 Å². The lowest BCUT2D eigenvalue weighted by molar-refractivity contribution is 0.544. The molecule has 0 radical (unpaired) electrons. The van der Waals surface area contributed by atoms with Gasteiger partial charge in [0.25, 0.3) is 0 Å². The lowest BCUT2D eigenvalue weighted by atomic mass is 9.77. The Hall–Kier alpha value is -1.56. The van der Waals surface area contributed by atoms with Crippen LogP contribution < -0.4 is 0 Å². The monoisotopic (exact) mass is 224 g/mol. The zero-order valence-corrected chi connectivity index (χ0v) is 10.5. The fraction of sp³-hybridized carbons (Fsp3) is 0.294. The molecule has 0 fully saturated rings. The molecule has 0 spiro atoms. The van der Waals surface area contributed by atoms with Crippen molar-refractivity contribution < 1.29 is 0 Å². The summed E-state index contributed by atoms with van der Waals surface area (Å²) < 4.78 is 0. The Kier molecular flexibility index (Phi) is 3.63. The molecule has 0 saturated carbocycles. The highest BCUT2D eigenvalue weighted by Gasteiger charge is 2.22. The minimum atomic E-state index is 0.0834. The molecular formula is C17H20. The van der Waals surface area contributed by atoms with Gasteiger partial charge in [0.15, 0.2) is 0 Å². The number of allylic oxidation sites excluding steroid dienone is 5. The lowest BCUT2D eigenvalue weighted by Crippen LogP contribution is -2.14. The van der Waals surface area contributed by atoms with Crippen molar-refractivity contribution in [3.8, 4) is 0 Å². The van der Waals surface area contributed by atoms with Gasteiger partial charge < -0.3 is 0 Å². The van der Waals surface area contributed by atoms with Gasteiger partial charge in [0.1, 0.15) is 0 Å². The van der Waals surface area contributed by atoms with Crippen LogP contribution in [0.25, 0.3) is 0 Å². The van der Waals surface area contributed by atoms with Crippen LogP contribution in [0.4, 0.5) is 0 Å². The van der Waals surface area contributed by atoms with Crippen molar-refractivity contribution in [2.75, 3.05) is 0 Å². The van der Waals surface area contributed by atoms with Gasteiger partial charge in [0, 0.05) is 11.3 Å². The van der Waals surface area contributed by atoms with Crippen LogP contribution in [0, 0.1) is 5.41 Å². The van der Waals surface area contributed by atoms with E-state index in [0.717, 1.165) is 6.42 Å². The molecule has 0 unspecified atom stereocenters. The molecule has 0 aliphatic heterocycles. The van der Waals surface area contributed by atoms with Gasteiger partial charge in [0.05, 0.1) is 0 Å². The number of hydrogen-bond acceptors (Lipinski definition) is 0. The van der Waals surface area contributed by atoms with Gasteiger partial charge in [0.2, 0.25) is 0 Å². The number of rotatable bonds is 4. The predicted molar refractivity (Wildman–Crippen MR) is 75.0 cm³/mol. The van der Waals surface area contributed by atoms with Gasteiger partial charge in [-0.05, 0) is 12.0 Å². The van der Waals surface area contributed by atoms with E-state index in [0.29, 0.717) is 5.92 Å². The highest BCUT2D eigenvalue weighted by molar-refractivity contribution is 5.36. The highest BCUT2D eigenvalue weighted by atomic mass is 14.3. The second-order valence-corrected chi connectivity index (χ2v) is 4.72. The van der Waals surface area contributed by atoms with E-state index in [1.807, 2.05) is 0 Å². The molecule has 0 bridgehead atoms. The molecule has 0 saturated heterocycles. The molecule has 17 heavy (non-hydrogen) atoms. The third kappa shape index (κ3) is 2.58. The molecule has 0 amide bonds. The highest BCUT2D eigenvalue weighted by Crippen LogP contribution is 2.36. The van der Waals surface area contributed by atoms with Crippen molar-refractivity contribution in [2.24, 2.45) is 5.41 Å². The van der Waals surface area contributed by atoms with Gasteiger partial charge in [-0.25, -0.2) is 0 Å². The van der Waals surface area contributed by atoms with E-state index >= 15 is 0 Å². The summed E-state index contributed by atoms with van der Waals surface area (Å²) in [6.07, 6.45) is 13.6. The van der Waals surface area contributed by atoms with Crippen molar-refractivity contribution in [3.63, 3.8) is 0 Å². The average molecular weight is 224 g/mol. The molecule has 1 aliphatic carbocycles. The quantitative estimate of drug-likeness (QED) is 0.640. The second-order valence-electron chi connectivity index (χ2n) is 4.72. The number of hydrogen-bond donors (Lipinski definition) is 0. The van der Waals surface area contributed by atoms with E-state index in [-0.39, 0.29) is 5.41 Å². The van der Waals surface area contributed by atoms with Crippen LogP contribution in [0.5, 0.6) is 0 Å². The topological polar surface area (TPSA) is 0 Å². The third-order valence-corrected chi connectivity index (χ3v) is 3.48. The van der Waals surface area contributed by atoms with Crippen LogP contribution in [0.1, 0.15) is 31.2 Å². The first-order valence-corrected chi connectivity index (χ1v) is 6.37. The average Bonchev–Trinajstić information content (AvgIpc) is 2.41. The van der Waals surface area contributed by atoms with E-state index in [1.54, 1.807) is 0 Å². The molecular weight excluding hydrogens is 204 g/mol. The lowest BCUT2D eigenvalue weighted by Gasteiger charge is -2.27. The maximum absolute atomic E-state index is 3.97. The molecule has 0 heterocycles. The van der Waals surface area contributed by atoms with E-state index < -0.39 is 0 Å². The molecule has 0 N–H and O–H groups in total.